The summed E-state index contributed by atoms with van der Waals surface area (Å²) in [5.41, 5.74) is 5.85. The highest BCUT2D eigenvalue weighted by Gasteiger charge is 2.26. The number of aryl methyl sites for hydroxylation is 1. The van der Waals surface area contributed by atoms with Crippen molar-refractivity contribution in [1.29, 1.82) is 0 Å². The Labute approximate surface area is 312 Å². The lowest BCUT2D eigenvalue weighted by atomic mass is 10.1. The van der Waals surface area contributed by atoms with E-state index in [4.69, 9.17) is 9.47 Å². The molecular formula is C48H45N3O2. The van der Waals surface area contributed by atoms with E-state index in [0.29, 0.717) is 0 Å². The van der Waals surface area contributed by atoms with Gasteiger partial charge in [0.2, 0.25) is 0 Å². The Morgan fingerprint density at radius 3 is 1.92 bits per heavy atom. The zero-order chi connectivity index (χ0) is 37.4. The standard InChI is InChI=1S/C30H21NO2.C8H9N.C8H11N.C2H4/c1-2-19-11-14-21(15-12-19)31-28-22-8-4-3-7-20(22)13-16-23(28)24-17-18-27-30(29(24)31)33-26-10-6-5-9-25(26)32-27;1-9-7-8-5-3-2-4-6-8;1-3-4-5-6-7-8-9-2;1-2/h3-18H,2H2,1H3;2-6H,1,7H2;3-8H,2H2,1H3;1-2H2/b;;4-3+,6-5-,8-7-;. The molecule has 6 aromatic carbocycles. The first kappa shape index (κ1) is 37.5. The molecule has 0 spiro atoms. The van der Waals surface area contributed by atoms with Crippen LogP contribution in [0.15, 0.2) is 187 Å². The number of aromatic nitrogens is 1. The minimum absolute atomic E-state index is 0.723. The van der Waals surface area contributed by atoms with E-state index in [-0.39, 0.29) is 0 Å². The fraction of sp³-hybridized carbons (Fsp3) is 0.0833. The molecule has 1 aromatic heterocycles. The molecule has 1 aliphatic rings. The maximum absolute atomic E-state index is 6.49. The molecule has 0 atom stereocenters. The molecule has 0 saturated carbocycles. The minimum atomic E-state index is 0.723. The van der Waals surface area contributed by atoms with Crippen molar-refractivity contribution in [3.63, 3.8) is 0 Å². The van der Waals surface area contributed by atoms with Gasteiger partial charge in [-0.2, -0.15) is 0 Å². The van der Waals surface area contributed by atoms with Crippen LogP contribution in [0.4, 0.5) is 0 Å². The first-order chi connectivity index (χ1) is 26.2. The van der Waals surface area contributed by atoms with E-state index in [1.165, 1.54) is 32.8 Å². The van der Waals surface area contributed by atoms with Crippen molar-refractivity contribution in [2.75, 3.05) is 0 Å². The van der Waals surface area contributed by atoms with Crippen molar-refractivity contribution in [2.24, 2.45) is 9.98 Å². The van der Waals surface area contributed by atoms with Gasteiger partial charge in [-0.15, -0.1) is 13.2 Å². The predicted octanol–water partition coefficient (Wildman–Crippen LogP) is 13.4. The number of fused-ring (bicyclic) bond motifs is 8. The van der Waals surface area contributed by atoms with Crippen LogP contribution in [-0.2, 0) is 13.0 Å². The van der Waals surface area contributed by atoms with Gasteiger partial charge in [0.15, 0.2) is 23.0 Å². The highest BCUT2D eigenvalue weighted by molar-refractivity contribution is 6.20. The minimum Gasteiger partial charge on any atom is -0.449 e. The summed E-state index contributed by atoms with van der Waals surface area (Å²) in [5, 5.41) is 4.79. The molecular weight excluding hydrogens is 651 g/mol. The average molecular weight is 696 g/mol. The molecule has 0 N–H and O–H groups in total. The second-order valence-corrected chi connectivity index (χ2v) is 11.8. The fourth-order valence-electron chi connectivity index (χ4n) is 6.04. The number of ether oxygens (including phenoxy) is 2. The predicted molar refractivity (Wildman–Crippen MR) is 228 cm³/mol. The number of hydrogen-bond donors (Lipinski definition) is 0. The van der Waals surface area contributed by atoms with Crippen molar-refractivity contribution >= 4 is 46.0 Å². The summed E-state index contributed by atoms with van der Waals surface area (Å²) < 4.78 is 15.1. The monoisotopic (exact) mass is 695 g/mol. The van der Waals surface area contributed by atoms with Crippen LogP contribution in [-0.4, -0.2) is 18.0 Å². The lowest BCUT2D eigenvalue weighted by Gasteiger charge is -2.22. The normalized spacial score (nSPS) is 11.4. The molecule has 7 aromatic rings. The van der Waals surface area contributed by atoms with Crippen molar-refractivity contribution < 1.29 is 9.47 Å². The van der Waals surface area contributed by atoms with Crippen LogP contribution in [0.25, 0.3) is 38.3 Å². The first-order valence-corrected chi connectivity index (χ1v) is 17.6. The SMILES string of the molecule is C=C.C=NCc1ccccc1.C=N\C=C/C=C\C=C\C.CCc1ccc(-n2c3c4c(ccc3c3ccc5ccccc5c32)Oc2ccccc2O4)cc1. The zero-order valence-electron chi connectivity index (χ0n) is 30.5. The maximum atomic E-state index is 6.49. The molecule has 5 nitrogen and oxygen atoms in total. The number of allylic oxidation sites excluding steroid dienone is 5. The molecule has 0 unspecified atom stereocenters. The first-order valence-electron chi connectivity index (χ1n) is 17.6. The molecule has 0 fully saturated rings. The summed E-state index contributed by atoms with van der Waals surface area (Å²) in [6.07, 6.45) is 12.2. The van der Waals surface area contributed by atoms with E-state index in [1.54, 1.807) is 6.20 Å². The van der Waals surface area contributed by atoms with Gasteiger partial charge in [0, 0.05) is 28.0 Å². The lowest BCUT2D eigenvalue weighted by molar-refractivity contribution is 0.362. The van der Waals surface area contributed by atoms with Crippen LogP contribution in [0.2, 0.25) is 0 Å². The molecule has 5 heteroatoms. The Hall–Kier alpha value is -6.72. The number of hydrogen-bond acceptors (Lipinski definition) is 4. The van der Waals surface area contributed by atoms with Crippen molar-refractivity contribution in [3.05, 3.63) is 188 Å². The van der Waals surface area contributed by atoms with Gasteiger partial charge >= 0.3 is 0 Å². The summed E-state index contributed by atoms with van der Waals surface area (Å²) in [7, 11) is 0. The Morgan fingerprint density at radius 2 is 1.23 bits per heavy atom. The highest BCUT2D eigenvalue weighted by atomic mass is 16.6. The van der Waals surface area contributed by atoms with Crippen LogP contribution in [0.1, 0.15) is 25.0 Å². The van der Waals surface area contributed by atoms with Crippen molar-refractivity contribution in [2.45, 2.75) is 26.8 Å². The average Bonchev–Trinajstić information content (AvgIpc) is 3.57. The lowest BCUT2D eigenvalue weighted by Crippen LogP contribution is -2.02. The number of para-hydroxylation sites is 2. The smallest absolute Gasteiger partial charge is 0.194 e. The second kappa shape index (κ2) is 19.0. The Balaban J connectivity index is 0.000000224. The molecule has 0 amide bonds. The molecule has 0 radical (unpaired) electrons. The number of benzene rings is 6. The molecule has 8 rings (SSSR count). The van der Waals surface area contributed by atoms with Crippen LogP contribution in [0.5, 0.6) is 23.0 Å². The van der Waals surface area contributed by atoms with Gasteiger partial charge in [0.1, 0.15) is 5.52 Å². The Kier molecular flexibility index (Phi) is 13.5. The fourth-order valence-corrected chi connectivity index (χ4v) is 6.04. The molecule has 0 bridgehead atoms. The molecule has 1 aliphatic heterocycles. The van der Waals surface area contributed by atoms with Gasteiger partial charge in [-0.25, -0.2) is 0 Å². The largest absolute Gasteiger partial charge is 0.449 e. The van der Waals surface area contributed by atoms with Gasteiger partial charge in [-0.1, -0.05) is 122 Å². The molecule has 53 heavy (non-hydrogen) atoms. The Morgan fingerprint density at radius 1 is 0.585 bits per heavy atom. The van der Waals surface area contributed by atoms with Gasteiger partial charge in [-0.05, 0) is 85.8 Å². The summed E-state index contributed by atoms with van der Waals surface area (Å²) in [4.78, 5) is 7.28. The van der Waals surface area contributed by atoms with Gasteiger partial charge in [0.25, 0.3) is 0 Å². The van der Waals surface area contributed by atoms with E-state index in [2.05, 4.69) is 115 Å². The third kappa shape index (κ3) is 8.78. The zero-order valence-corrected chi connectivity index (χ0v) is 30.5. The quantitative estimate of drug-likeness (QED) is 0.0946. The molecule has 264 valence electrons. The van der Waals surface area contributed by atoms with Gasteiger partial charge < -0.3 is 14.0 Å². The van der Waals surface area contributed by atoms with Gasteiger partial charge in [-0.3, -0.25) is 9.98 Å². The third-order valence-electron chi connectivity index (χ3n) is 8.47. The summed E-state index contributed by atoms with van der Waals surface area (Å²) in [6, 6.07) is 43.9. The molecule has 0 saturated heterocycles. The van der Waals surface area contributed by atoms with E-state index >= 15 is 0 Å². The van der Waals surface area contributed by atoms with Crippen LogP contribution >= 0.6 is 0 Å². The van der Waals surface area contributed by atoms with Crippen LogP contribution in [0.3, 0.4) is 0 Å². The molecule has 0 aliphatic carbocycles. The molecule has 2 heterocycles. The maximum Gasteiger partial charge on any atom is 0.194 e. The van der Waals surface area contributed by atoms with Gasteiger partial charge in [0.05, 0.1) is 12.1 Å². The van der Waals surface area contributed by atoms with Crippen LogP contribution in [0, 0.1) is 0 Å². The van der Waals surface area contributed by atoms with E-state index in [0.717, 1.165) is 52.6 Å². The summed E-state index contributed by atoms with van der Waals surface area (Å²) in [6.45, 7) is 17.6. The Bertz CT molecular complexity index is 2380. The number of aliphatic imine (C=N–C) groups is 2. The second-order valence-electron chi connectivity index (χ2n) is 11.8. The van der Waals surface area contributed by atoms with E-state index < -0.39 is 0 Å². The highest BCUT2D eigenvalue weighted by Crippen LogP contribution is 2.51. The van der Waals surface area contributed by atoms with Crippen molar-refractivity contribution in [3.8, 4) is 28.7 Å². The summed E-state index contributed by atoms with van der Waals surface area (Å²) in [5.74, 6) is 2.97. The number of nitrogens with zero attached hydrogens (tertiary/aromatic N) is 3. The summed E-state index contributed by atoms with van der Waals surface area (Å²) >= 11 is 0. The third-order valence-corrected chi connectivity index (χ3v) is 8.47. The number of rotatable bonds is 7. The topological polar surface area (TPSA) is 48.1 Å². The van der Waals surface area contributed by atoms with Crippen LogP contribution < -0.4 is 9.47 Å². The van der Waals surface area contributed by atoms with Crippen molar-refractivity contribution in [1.82, 2.24) is 4.57 Å². The van der Waals surface area contributed by atoms with E-state index in [1.807, 2.05) is 98.0 Å². The van der Waals surface area contributed by atoms with E-state index in [9.17, 15) is 0 Å².